The van der Waals surface area contributed by atoms with E-state index in [1.807, 2.05) is 31.2 Å². The van der Waals surface area contributed by atoms with Gasteiger partial charge < -0.3 is 9.73 Å². The van der Waals surface area contributed by atoms with E-state index in [0.717, 1.165) is 11.3 Å². The molecule has 0 spiro atoms. The third-order valence-electron chi connectivity index (χ3n) is 3.12. The summed E-state index contributed by atoms with van der Waals surface area (Å²) in [5.41, 5.74) is 1.71. The summed E-state index contributed by atoms with van der Waals surface area (Å²) < 4.78 is 17.5. The zero-order valence-corrected chi connectivity index (χ0v) is 12.5. The van der Waals surface area contributed by atoms with Gasteiger partial charge in [-0.25, -0.2) is 0 Å². The van der Waals surface area contributed by atoms with Gasteiger partial charge in [0, 0.05) is 5.69 Å². The predicted molar refractivity (Wildman–Crippen MR) is 79.1 cm³/mol. The molecule has 0 radical (unpaired) electrons. The van der Waals surface area contributed by atoms with Crippen molar-refractivity contribution < 1.29 is 13.4 Å². The number of amides is 1. The van der Waals surface area contributed by atoms with E-state index in [2.05, 4.69) is 5.32 Å². The Morgan fingerprint density at radius 2 is 1.95 bits per heavy atom. The van der Waals surface area contributed by atoms with E-state index >= 15 is 0 Å². The Balaban J connectivity index is 2.12. The third kappa shape index (κ3) is 2.99. The standard InChI is InChI=1S/C15H17NO3S/c1-10-6-4-5-7-13(10)16-15(17)12(3)20(18)14-8-9-19-11(14)2/h4-9,12H,1-3H3,(H,16,17)/t12-,20-/m0/s1. The number of nitrogens with one attached hydrogen (secondary N) is 1. The predicted octanol–water partition coefficient (Wildman–Crippen LogP) is 3.03. The third-order valence-corrected chi connectivity index (χ3v) is 4.83. The largest absolute Gasteiger partial charge is 0.468 e. The average molecular weight is 291 g/mol. The van der Waals surface area contributed by atoms with Crippen LogP contribution in [0.4, 0.5) is 5.69 Å². The number of rotatable bonds is 4. The first-order valence-electron chi connectivity index (χ1n) is 6.32. The van der Waals surface area contributed by atoms with E-state index in [9.17, 15) is 9.00 Å². The highest BCUT2D eigenvalue weighted by molar-refractivity contribution is 7.86. The highest BCUT2D eigenvalue weighted by Crippen LogP contribution is 2.19. The Bertz CT molecular complexity index is 648. The fourth-order valence-electron chi connectivity index (χ4n) is 1.82. The lowest BCUT2D eigenvalue weighted by molar-refractivity contribution is -0.115. The number of aryl methyl sites for hydroxylation is 2. The Kier molecular flexibility index (Phi) is 4.39. The van der Waals surface area contributed by atoms with Crippen molar-refractivity contribution in [3.63, 3.8) is 0 Å². The molecule has 1 heterocycles. The molecule has 2 aromatic rings. The van der Waals surface area contributed by atoms with Crippen molar-refractivity contribution in [2.24, 2.45) is 0 Å². The van der Waals surface area contributed by atoms with Crippen molar-refractivity contribution in [2.75, 3.05) is 5.32 Å². The molecule has 1 amide bonds. The van der Waals surface area contributed by atoms with Gasteiger partial charge in [-0.2, -0.15) is 0 Å². The molecule has 0 unspecified atom stereocenters. The summed E-state index contributed by atoms with van der Waals surface area (Å²) in [5, 5.41) is 2.16. The molecule has 2 rings (SSSR count). The summed E-state index contributed by atoms with van der Waals surface area (Å²) in [7, 11) is -1.42. The highest BCUT2D eigenvalue weighted by atomic mass is 32.2. The van der Waals surface area contributed by atoms with Crippen LogP contribution in [0.3, 0.4) is 0 Å². The minimum Gasteiger partial charge on any atom is -0.468 e. The normalized spacial score (nSPS) is 13.8. The smallest absolute Gasteiger partial charge is 0.240 e. The van der Waals surface area contributed by atoms with Gasteiger partial charge in [-0.05, 0) is 38.5 Å². The Labute approximate surface area is 120 Å². The molecule has 0 bridgehead atoms. The van der Waals surface area contributed by atoms with Gasteiger partial charge in [-0.3, -0.25) is 9.00 Å². The van der Waals surface area contributed by atoms with Gasteiger partial charge in [0.1, 0.15) is 11.0 Å². The molecule has 5 heteroatoms. The quantitative estimate of drug-likeness (QED) is 0.942. The zero-order chi connectivity index (χ0) is 14.7. The maximum atomic E-state index is 12.3. The number of carbonyl (C=O) groups is 1. The highest BCUT2D eigenvalue weighted by Gasteiger charge is 2.24. The number of anilines is 1. The van der Waals surface area contributed by atoms with Gasteiger partial charge in [0.15, 0.2) is 0 Å². The summed E-state index contributed by atoms with van der Waals surface area (Å²) >= 11 is 0. The van der Waals surface area contributed by atoms with Crippen LogP contribution in [-0.2, 0) is 15.6 Å². The maximum Gasteiger partial charge on any atom is 0.240 e. The molecule has 20 heavy (non-hydrogen) atoms. The van der Waals surface area contributed by atoms with Crippen LogP contribution in [-0.4, -0.2) is 15.4 Å². The molecule has 0 fully saturated rings. The second-order valence-corrected chi connectivity index (χ2v) is 6.33. The molecular weight excluding hydrogens is 274 g/mol. The number of hydrogen-bond donors (Lipinski definition) is 1. The fraction of sp³-hybridized carbons (Fsp3) is 0.267. The average Bonchev–Trinajstić information content (AvgIpc) is 2.86. The minimum absolute atomic E-state index is 0.266. The molecular formula is C15H17NO3S. The Morgan fingerprint density at radius 1 is 1.25 bits per heavy atom. The molecule has 0 aliphatic carbocycles. The van der Waals surface area contributed by atoms with Crippen LogP contribution in [0.2, 0.25) is 0 Å². The SMILES string of the molecule is Cc1ccccc1NC(=O)[C@H](C)[S@](=O)c1ccoc1C. The Hall–Kier alpha value is -1.88. The summed E-state index contributed by atoms with van der Waals surface area (Å²) in [4.78, 5) is 12.7. The lowest BCUT2D eigenvalue weighted by Crippen LogP contribution is -2.29. The first-order chi connectivity index (χ1) is 9.50. The minimum atomic E-state index is -1.42. The maximum absolute atomic E-state index is 12.3. The molecule has 0 saturated heterocycles. The van der Waals surface area contributed by atoms with Crippen LogP contribution < -0.4 is 5.32 Å². The van der Waals surface area contributed by atoms with Crippen LogP contribution in [0.15, 0.2) is 45.9 Å². The number of hydrogen-bond acceptors (Lipinski definition) is 3. The first-order valence-corrected chi connectivity index (χ1v) is 7.53. The van der Waals surface area contributed by atoms with E-state index in [-0.39, 0.29) is 5.91 Å². The number of carbonyl (C=O) groups excluding carboxylic acids is 1. The van der Waals surface area contributed by atoms with E-state index in [4.69, 9.17) is 4.42 Å². The van der Waals surface area contributed by atoms with Crippen molar-refractivity contribution in [3.05, 3.63) is 47.9 Å². The summed E-state index contributed by atoms with van der Waals surface area (Å²) in [6.45, 7) is 5.30. The summed E-state index contributed by atoms with van der Waals surface area (Å²) in [5.74, 6) is 0.317. The molecule has 1 aromatic carbocycles. The topological polar surface area (TPSA) is 59.3 Å². The molecule has 0 saturated carbocycles. The van der Waals surface area contributed by atoms with Gasteiger partial charge in [0.05, 0.1) is 22.0 Å². The van der Waals surface area contributed by atoms with E-state index in [0.29, 0.717) is 10.7 Å². The monoisotopic (exact) mass is 291 g/mol. The van der Waals surface area contributed by atoms with Crippen molar-refractivity contribution in [2.45, 2.75) is 30.9 Å². The van der Waals surface area contributed by atoms with E-state index < -0.39 is 16.0 Å². The van der Waals surface area contributed by atoms with Crippen LogP contribution in [0.5, 0.6) is 0 Å². The van der Waals surface area contributed by atoms with E-state index in [1.165, 1.54) is 6.26 Å². The van der Waals surface area contributed by atoms with Crippen molar-refractivity contribution >= 4 is 22.4 Å². The van der Waals surface area contributed by atoms with Gasteiger partial charge in [0.2, 0.25) is 5.91 Å². The lowest BCUT2D eigenvalue weighted by Gasteiger charge is -2.13. The molecule has 4 nitrogen and oxygen atoms in total. The number of para-hydroxylation sites is 1. The van der Waals surface area contributed by atoms with Crippen molar-refractivity contribution in [1.82, 2.24) is 0 Å². The van der Waals surface area contributed by atoms with Gasteiger partial charge in [-0.1, -0.05) is 18.2 Å². The second-order valence-electron chi connectivity index (χ2n) is 4.58. The molecule has 1 N–H and O–H groups in total. The van der Waals surface area contributed by atoms with E-state index in [1.54, 1.807) is 19.9 Å². The van der Waals surface area contributed by atoms with Crippen molar-refractivity contribution in [3.8, 4) is 0 Å². The second kappa shape index (κ2) is 6.05. The Morgan fingerprint density at radius 3 is 2.55 bits per heavy atom. The number of furan rings is 1. The molecule has 0 aliphatic rings. The van der Waals surface area contributed by atoms with Crippen molar-refractivity contribution in [1.29, 1.82) is 0 Å². The van der Waals surface area contributed by atoms with Gasteiger partial charge in [0.25, 0.3) is 0 Å². The summed E-state index contributed by atoms with van der Waals surface area (Å²) in [6.07, 6.45) is 1.48. The molecule has 2 atom stereocenters. The zero-order valence-electron chi connectivity index (χ0n) is 11.7. The fourth-order valence-corrected chi connectivity index (χ4v) is 2.97. The summed E-state index contributed by atoms with van der Waals surface area (Å²) in [6, 6.07) is 9.14. The van der Waals surface area contributed by atoms with Crippen LogP contribution >= 0.6 is 0 Å². The van der Waals surface area contributed by atoms with Crippen LogP contribution in [0.1, 0.15) is 18.2 Å². The molecule has 0 aliphatic heterocycles. The molecule has 1 aromatic heterocycles. The molecule has 106 valence electrons. The van der Waals surface area contributed by atoms with Crippen LogP contribution in [0, 0.1) is 13.8 Å². The number of benzene rings is 1. The lowest BCUT2D eigenvalue weighted by atomic mass is 10.2. The first kappa shape index (κ1) is 14.5. The van der Waals surface area contributed by atoms with Crippen LogP contribution in [0.25, 0.3) is 0 Å². The van der Waals surface area contributed by atoms with Gasteiger partial charge in [-0.15, -0.1) is 0 Å². The van der Waals surface area contributed by atoms with Gasteiger partial charge >= 0.3 is 0 Å².